The van der Waals surface area contributed by atoms with Crippen LogP contribution < -0.4 is 4.74 Å². The second-order valence-corrected chi connectivity index (χ2v) is 12.0. The number of aromatic hydroxyl groups is 7. The van der Waals surface area contributed by atoms with Crippen LogP contribution in [0.1, 0.15) is 39.8 Å². The molecule has 0 saturated carbocycles. The number of methoxy groups -OCH3 is 2. The first-order valence-corrected chi connectivity index (χ1v) is 16.0. The number of fused-ring (bicyclic) bond motifs is 1. The van der Waals surface area contributed by atoms with Crippen LogP contribution in [0.25, 0.3) is 6.08 Å². The summed E-state index contributed by atoms with van der Waals surface area (Å²) in [5, 5.41) is 70.2. The van der Waals surface area contributed by atoms with Crippen molar-refractivity contribution in [2.75, 3.05) is 14.2 Å². The number of rotatable bonds is 12. The highest BCUT2D eigenvalue weighted by Gasteiger charge is 2.46. The van der Waals surface area contributed by atoms with Crippen molar-refractivity contribution in [2.24, 2.45) is 0 Å². The number of phenolic OH excluding ortho intramolecular Hbond substituents is 7. The molecule has 282 valence electrons. The predicted octanol–water partition coefficient (Wildman–Crippen LogP) is 3.51. The molecule has 1 aliphatic rings. The van der Waals surface area contributed by atoms with Crippen molar-refractivity contribution < 1.29 is 78.6 Å². The highest BCUT2D eigenvalue weighted by atomic mass is 16.6. The first-order valence-electron chi connectivity index (χ1n) is 16.0. The average Bonchev–Trinajstić information content (AvgIpc) is 3.56. The molecule has 0 aliphatic carbocycles. The van der Waals surface area contributed by atoms with Gasteiger partial charge in [0.1, 0.15) is 12.0 Å². The van der Waals surface area contributed by atoms with E-state index in [1.807, 2.05) is 0 Å². The third kappa shape index (κ3) is 8.33. The Morgan fingerprint density at radius 3 is 1.67 bits per heavy atom. The Bertz CT molecular complexity index is 2120. The standard InChI is InChI=1S/C38H34O16/c1-50-36(47)29(15-18-3-8-22(39)26(43)13-18)52-31(46)12-7-20-5-11-25(42)35-32(20)33(34(54-35)21-6-10-24(41)28(45)17-21)38(49)53-30(37(48)51-2)16-19-4-9-23(40)27(44)14-19/h3-14,17,29-30,33-34,39-45H,15-16H2,1-2H3/b12-7+/t29-,30-,33?,34?/m1/s1. The predicted molar refractivity (Wildman–Crippen MR) is 184 cm³/mol. The van der Waals surface area contributed by atoms with Crippen molar-refractivity contribution >= 4 is 30.0 Å². The van der Waals surface area contributed by atoms with Crippen LogP contribution in [0.4, 0.5) is 0 Å². The van der Waals surface area contributed by atoms with Crippen LogP contribution in [0.5, 0.6) is 46.0 Å². The van der Waals surface area contributed by atoms with Crippen LogP contribution in [0.15, 0.2) is 72.8 Å². The lowest BCUT2D eigenvalue weighted by Gasteiger charge is -2.22. The summed E-state index contributed by atoms with van der Waals surface area (Å²) in [4.78, 5) is 52.5. The molecule has 4 atom stereocenters. The lowest BCUT2D eigenvalue weighted by atomic mass is 9.87. The van der Waals surface area contributed by atoms with Gasteiger partial charge >= 0.3 is 23.9 Å². The number of benzene rings is 4. The van der Waals surface area contributed by atoms with E-state index in [9.17, 15) is 54.9 Å². The number of ether oxygens (including phenoxy) is 5. The Kier molecular flexibility index (Phi) is 11.3. The topological polar surface area (TPSA) is 256 Å². The Balaban J connectivity index is 1.49. The summed E-state index contributed by atoms with van der Waals surface area (Å²) in [6.45, 7) is 0. The van der Waals surface area contributed by atoms with Gasteiger partial charge in [-0.05, 0) is 70.8 Å². The third-order valence-electron chi connectivity index (χ3n) is 8.42. The summed E-state index contributed by atoms with van der Waals surface area (Å²) in [5.74, 6) is -9.00. The summed E-state index contributed by atoms with van der Waals surface area (Å²) in [5.41, 5.74) is 0.839. The second-order valence-electron chi connectivity index (χ2n) is 12.0. The number of hydrogen-bond acceptors (Lipinski definition) is 16. The number of carbonyl (C=O) groups is 4. The Labute approximate surface area is 306 Å². The Morgan fingerprint density at radius 2 is 1.15 bits per heavy atom. The zero-order valence-corrected chi connectivity index (χ0v) is 28.5. The van der Waals surface area contributed by atoms with E-state index in [4.69, 9.17) is 23.7 Å². The Morgan fingerprint density at radius 1 is 0.648 bits per heavy atom. The summed E-state index contributed by atoms with van der Waals surface area (Å²) >= 11 is 0. The SMILES string of the molecule is COC(=O)[C@@H](Cc1ccc(O)c(O)c1)OC(=O)/C=C/c1ccc(O)c2c1C(C(=O)O[C@H](Cc1ccc(O)c(O)c1)C(=O)OC)C(c1ccc(O)c(O)c1)O2. The van der Waals surface area contributed by atoms with E-state index in [1.54, 1.807) is 0 Å². The summed E-state index contributed by atoms with van der Waals surface area (Å²) in [7, 11) is 2.14. The molecule has 5 rings (SSSR count). The molecule has 0 spiro atoms. The average molecular weight is 747 g/mol. The maximum Gasteiger partial charge on any atom is 0.347 e. The molecule has 0 aromatic heterocycles. The molecule has 0 fully saturated rings. The molecular weight excluding hydrogens is 712 g/mol. The minimum absolute atomic E-state index is 0.0170. The van der Waals surface area contributed by atoms with Gasteiger partial charge in [-0.1, -0.05) is 24.3 Å². The number of hydrogen-bond donors (Lipinski definition) is 7. The van der Waals surface area contributed by atoms with E-state index < -0.39 is 88.4 Å². The number of esters is 4. The smallest absolute Gasteiger partial charge is 0.347 e. The van der Waals surface area contributed by atoms with Gasteiger partial charge in [-0.15, -0.1) is 0 Å². The molecule has 1 heterocycles. The van der Waals surface area contributed by atoms with Crippen LogP contribution in [0, 0.1) is 0 Å². The van der Waals surface area contributed by atoms with Crippen LogP contribution in [-0.4, -0.2) is 86.1 Å². The van der Waals surface area contributed by atoms with Gasteiger partial charge in [-0.25, -0.2) is 14.4 Å². The van der Waals surface area contributed by atoms with Crippen LogP contribution in [0.3, 0.4) is 0 Å². The van der Waals surface area contributed by atoms with Crippen molar-refractivity contribution in [3.63, 3.8) is 0 Å². The van der Waals surface area contributed by atoms with E-state index in [0.717, 1.165) is 38.5 Å². The van der Waals surface area contributed by atoms with Crippen molar-refractivity contribution in [1.29, 1.82) is 0 Å². The van der Waals surface area contributed by atoms with Gasteiger partial charge in [-0.2, -0.15) is 0 Å². The highest BCUT2D eigenvalue weighted by Crippen LogP contribution is 2.53. The zero-order valence-electron chi connectivity index (χ0n) is 28.5. The monoisotopic (exact) mass is 746 g/mol. The molecular formula is C38H34O16. The molecule has 1 aliphatic heterocycles. The van der Waals surface area contributed by atoms with Crippen LogP contribution in [-0.2, 0) is 51.0 Å². The van der Waals surface area contributed by atoms with Crippen molar-refractivity contribution in [1.82, 2.24) is 0 Å². The first kappa shape index (κ1) is 38.1. The highest BCUT2D eigenvalue weighted by molar-refractivity contribution is 5.92. The fourth-order valence-corrected chi connectivity index (χ4v) is 5.74. The van der Waals surface area contributed by atoms with Gasteiger partial charge in [-0.3, -0.25) is 4.79 Å². The van der Waals surface area contributed by atoms with Gasteiger partial charge in [0.05, 0.1) is 14.2 Å². The number of phenols is 7. The van der Waals surface area contributed by atoms with Crippen molar-refractivity contribution in [2.45, 2.75) is 37.1 Å². The molecule has 16 nitrogen and oxygen atoms in total. The first-order chi connectivity index (χ1) is 25.7. The quantitative estimate of drug-likeness (QED) is 0.0474. The van der Waals surface area contributed by atoms with E-state index in [0.29, 0.717) is 5.56 Å². The molecule has 0 bridgehead atoms. The third-order valence-corrected chi connectivity index (χ3v) is 8.42. The molecule has 16 heteroatoms. The van der Waals surface area contributed by atoms with Crippen molar-refractivity contribution in [3.05, 3.63) is 101 Å². The maximum atomic E-state index is 14.2. The molecule has 0 saturated heterocycles. The van der Waals surface area contributed by atoms with Gasteiger partial charge < -0.3 is 59.4 Å². The summed E-state index contributed by atoms with van der Waals surface area (Å²) < 4.78 is 26.7. The maximum absolute atomic E-state index is 14.2. The van der Waals surface area contributed by atoms with Crippen molar-refractivity contribution in [3.8, 4) is 46.0 Å². The van der Waals surface area contributed by atoms with E-state index in [1.165, 1.54) is 54.6 Å². The molecule has 4 aromatic carbocycles. The van der Waals surface area contributed by atoms with Crippen LogP contribution >= 0.6 is 0 Å². The lowest BCUT2D eigenvalue weighted by Crippen LogP contribution is -2.33. The summed E-state index contributed by atoms with van der Waals surface area (Å²) in [6, 6.07) is 13.6. The molecule has 7 N–H and O–H groups in total. The van der Waals surface area contributed by atoms with Gasteiger partial charge in [0.25, 0.3) is 0 Å². The lowest BCUT2D eigenvalue weighted by molar-refractivity contribution is -0.167. The Hall–Kier alpha value is -7.10. The van der Waals surface area contributed by atoms with E-state index in [-0.39, 0.29) is 40.8 Å². The van der Waals surface area contributed by atoms with Gasteiger partial charge in [0.15, 0.2) is 46.0 Å². The second kappa shape index (κ2) is 16.1. The molecule has 2 unspecified atom stereocenters. The van der Waals surface area contributed by atoms with Crippen LogP contribution in [0.2, 0.25) is 0 Å². The minimum Gasteiger partial charge on any atom is -0.504 e. The normalized spacial score (nSPS) is 15.7. The van der Waals surface area contributed by atoms with E-state index in [2.05, 4.69) is 0 Å². The molecule has 4 aromatic rings. The van der Waals surface area contributed by atoms with E-state index >= 15 is 0 Å². The fraction of sp³-hybridized carbons (Fsp3) is 0.211. The summed E-state index contributed by atoms with van der Waals surface area (Å²) in [6.07, 6.45) is -2.82. The van der Waals surface area contributed by atoms with Gasteiger partial charge in [0.2, 0.25) is 12.2 Å². The molecule has 0 amide bonds. The fourth-order valence-electron chi connectivity index (χ4n) is 5.74. The number of carbonyl (C=O) groups excluding carboxylic acids is 4. The largest absolute Gasteiger partial charge is 0.504 e. The zero-order chi connectivity index (χ0) is 39.3. The van der Waals surface area contributed by atoms with Gasteiger partial charge in [0, 0.05) is 24.5 Å². The minimum atomic E-state index is -1.60. The molecule has 54 heavy (non-hydrogen) atoms. The molecule has 0 radical (unpaired) electrons.